The normalized spacial score (nSPS) is 52.9. The van der Waals surface area contributed by atoms with Crippen LogP contribution in [0.5, 0.6) is 0 Å². The largest absolute Gasteiger partial charge is 0.462 e. The van der Waals surface area contributed by atoms with Gasteiger partial charge in [0.15, 0.2) is 0 Å². The Morgan fingerprint density at radius 2 is 1.52 bits per heavy atom. The van der Waals surface area contributed by atoms with Crippen molar-refractivity contribution in [2.24, 2.45) is 45.3 Å². The van der Waals surface area contributed by atoms with E-state index in [1.807, 2.05) is 0 Å². The first-order chi connectivity index (χ1) is 15.3. The van der Waals surface area contributed by atoms with Crippen LogP contribution in [0.15, 0.2) is 0 Å². The molecule has 1 saturated heterocycles. The molecule has 0 unspecified atom stereocenters. The SMILES string of the molecule is CC(=O)O[C@H]1CC[C@@]2(C)[C@@H](CC[C@]3(C)[C@H]2CC[C@@H]2[C@@H]([C@]4(C)CCC(=O)O4)CC[C@]23C)C1(C)C. The van der Waals surface area contributed by atoms with Gasteiger partial charge in [0.2, 0.25) is 0 Å². The molecule has 4 nitrogen and oxygen atoms in total. The number of esters is 2. The van der Waals surface area contributed by atoms with Crippen molar-refractivity contribution < 1.29 is 19.1 Å². The highest BCUT2D eigenvalue weighted by Gasteiger charge is 2.70. The van der Waals surface area contributed by atoms with Crippen LogP contribution in [0.25, 0.3) is 0 Å². The molecule has 4 heteroatoms. The molecule has 5 aliphatic rings. The predicted molar refractivity (Wildman–Crippen MR) is 128 cm³/mol. The summed E-state index contributed by atoms with van der Waals surface area (Å²) in [6, 6.07) is 0. The zero-order valence-electron chi connectivity index (χ0n) is 22.1. The summed E-state index contributed by atoms with van der Waals surface area (Å²) in [7, 11) is 0. The number of hydrogen-bond acceptors (Lipinski definition) is 4. The smallest absolute Gasteiger partial charge is 0.306 e. The Hall–Kier alpha value is -1.06. The Bertz CT molecular complexity index is 849. The van der Waals surface area contributed by atoms with Crippen molar-refractivity contribution in [3.63, 3.8) is 0 Å². The highest BCUT2D eigenvalue weighted by atomic mass is 16.6. The van der Waals surface area contributed by atoms with Crippen LogP contribution >= 0.6 is 0 Å². The molecule has 1 heterocycles. The molecule has 0 spiro atoms. The van der Waals surface area contributed by atoms with Crippen molar-refractivity contribution in [3.8, 4) is 0 Å². The van der Waals surface area contributed by atoms with E-state index in [2.05, 4.69) is 41.5 Å². The van der Waals surface area contributed by atoms with E-state index < -0.39 is 0 Å². The molecule has 0 amide bonds. The number of carbonyl (C=O) groups is 2. The van der Waals surface area contributed by atoms with E-state index in [9.17, 15) is 9.59 Å². The summed E-state index contributed by atoms with van der Waals surface area (Å²) in [4.78, 5) is 23.9. The first-order valence-electron chi connectivity index (χ1n) is 13.7. The maximum absolute atomic E-state index is 12.0. The van der Waals surface area contributed by atoms with Gasteiger partial charge in [0.1, 0.15) is 11.7 Å². The Morgan fingerprint density at radius 1 is 0.818 bits per heavy atom. The van der Waals surface area contributed by atoms with Crippen molar-refractivity contribution in [2.45, 2.75) is 124 Å². The fourth-order valence-electron chi connectivity index (χ4n) is 10.8. The van der Waals surface area contributed by atoms with Crippen molar-refractivity contribution in [3.05, 3.63) is 0 Å². The lowest BCUT2D eigenvalue weighted by Crippen LogP contribution is -2.64. The van der Waals surface area contributed by atoms with E-state index in [0.717, 1.165) is 12.8 Å². The molecule has 0 radical (unpaired) electrons. The van der Waals surface area contributed by atoms with Crippen LogP contribution in [0, 0.1) is 45.3 Å². The van der Waals surface area contributed by atoms with Crippen LogP contribution in [0.4, 0.5) is 0 Å². The number of rotatable bonds is 2. The van der Waals surface area contributed by atoms with E-state index in [0.29, 0.717) is 46.3 Å². The molecule has 0 aromatic heterocycles. The van der Waals surface area contributed by atoms with Gasteiger partial charge in [-0.1, -0.05) is 34.6 Å². The van der Waals surface area contributed by atoms with E-state index in [-0.39, 0.29) is 29.1 Å². The highest BCUT2D eigenvalue weighted by molar-refractivity contribution is 5.72. The van der Waals surface area contributed by atoms with Crippen LogP contribution < -0.4 is 0 Å². The second-order valence-corrected chi connectivity index (χ2v) is 14.1. The zero-order valence-corrected chi connectivity index (χ0v) is 22.1. The van der Waals surface area contributed by atoms with Crippen LogP contribution in [-0.2, 0) is 19.1 Å². The molecule has 4 aliphatic carbocycles. The van der Waals surface area contributed by atoms with Gasteiger partial charge in [0.05, 0.1) is 0 Å². The molecular formula is C29H46O4. The van der Waals surface area contributed by atoms with Gasteiger partial charge < -0.3 is 9.47 Å². The molecule has 33 heavy (non-hydrogen) atoms. The lowest BCUT2D eigenvalue weighted by Gasteiger charge is -2.70. The molecule has 4 saturated carbocycles. The van der Waals surface area contributed by atoms with Crippen LogP contribution in [0.3, 0.4) is 0 Å². The zero-order chi connectivity index (χ0) is 24.0. The standard InChI is InChI=1S/C29H46O4/c1-18(30)32-23-12-14-26(4)21(25(23,2)3)11-16-28(6)22(26)9-8-19-20(10-15-27(19,28)5)29(7)17-13-24(31)33-29/h19-23H,8-17H2,1-7H3/t19-,20+,21+,22+,23+,26+,27-,28-,29+/m1/s1. The Kier molecular flexibility index (Phi) is 5.19. The number of ether oxygens (including phenoxy) is 2. The van der Waals surface area contributed by atoms with E-state index in [1.54, 1.807) is 6.92 Å². The predicted octanol–water partition coefficient (Wildman–Crippen LogP) is 6.70. The average Bonchev–Trinajstić information content (AvgIpc) is 3.25. The Balaban J connectivity index is 1.45. The quantitative estimate of drug-likeness (QED) is 0.432. The van der Waals surface area contributed by atoms with E-state index in [4.69, 9.17) is 9.47 Å². The second-order valence-electron chi connectivity index (χ2n) is 14.1. The molecule has 0 aromatic carbocycles. The summed E-state index contributed by atoms with van der Waals surface area (Å²) in [6.45, 7) is 16.3. The molecule has 0 aromatic rings. The van der Waals surface area contributed by atoms with E-state index >= 15 is 0 Å². The minimum Gasteiger partial charge on any atom is -0.462 e. The number of cyclic esters (lactones) is 1. The number of fused-ring (bicyclic) bond motifs is 5. The molecule has 9 atom stereocenters. The van der Waals surface area contributed by atoms with Crippen molar-refractivity contribution in [2.75, 3.05) is 0 Å². The molecule has 5 rings (SSSR count). The molecular weight excluding hydrogens is 412 g/mol. The van der Waals surface area contributed by atoms with Crippen LogP contribution in [0.1, 0.15) is 113 Å². The van der Waals surface area contributed by atoms with Gasteiger partial charge in [-0.05, 0) is 98.7 Å². The van der Waals surface area contributed by atoms with Gasteiger partial charge in [-0.25, -0.2) is 0 Å². The Labute approximate surface area is 200 Å². The topological polar surface area (TPSA) is 52.6 Å². The second kappa shape index (κ2) is 7.23. The van der Waals surface area contributed by atoms with Gasteiger partial charge in [-0.2, -0.15) is 0 Å². The van der Waals surface area contributed by atoms with Gasteiger partial charge in [-0.15, -0.1) is 0 Å². The molecule has 0 N–H and O–H groups in total. The van der Waals surface area contributed by atoms with E-state index in [1.165, 1.54) is 44.9 Å². The lowest BCUT2D eigenvalue weighted by molar-refractivity contribution is -0.229. The Morgan fingerprint density at radius 3 is 2.15 bits per heavy atom. The van der Waals surface area contributed by atoms with Crippen molar-refractivity contribution >= 4 is 11.9 Å². The maximum atomic E-state index is 12.0. The summed E-state index contributed by atoms with van der Waals surface area (Å²) < 4.78 is 11.9. The first kappa shape index (κ1) is 23.7. The van der Waals surface area contributed by atoms with Gasteiger partial charge >= 0.3 is 11.9 Å². The summed E-state index contributed by atoms with van der Waals surface area (Å²) in [6.07, 6.45) is 11.2. The van der Waals surface area contributed by atoms with Crippen molar-refractivity contribution in [1.29, 1.82) is 0 Å². The summed E-state index contributed by atoms with van der Waals surface area (Å²) in [5.74, 6) is 2.33. The third-order valence-corrected chi connectivity index (χ3v) is 12.6. The van der Waals surface area contributed by atoms with Gasteiger partial charge in [0, 0.05) is 24.7 Å². The summed E-state index contributed by atoms with van der Waals surface area (Å²) in [5.41, 5.74) is 0.682. The number of carbonyl (C=O) groups excluding carboxylic acids is 2. The van der Waals surface area contributed by atoms with Gasteiger partial charge in [-0.3, -0.25) is 9.59 Å². The third-order valence-electron chi connectivity index (χ3n) is 12.6. The minimum atomic E-state index is -0.256. The van der Waals surface area contributed by atoms with Crippen LogP contribution in [-0.4, -0.2) is 23.6 Å². The first-order valence-corrected chi connectivity index (χ1v) is 13.7. The molecule has 5 fully saturated rings. The fraction of sp³-hybridized carbons (Fsp3) is 0.931. The number of hydrogen-bond donors (Lipinski definition) is 0. The maximum Gasteiger partial charge on any atom is 0.306 e. The molecule has 186 valence electrons. The summed E-state index contributed by atoms with van der Waals surface area (Å²) in [5, 5.41) is 0. The molecule has 1 aliphatic heterocycles. The highest BCUT2D eigenvalue weighted by Crippen LogP contribution is 2.76. The minimum absolute atomic E-state index is 0.00536. The fourth-order valence-corrected chi connectivity index (χ4v) is 10.8. The summed E-state index contributed by atoms with van der Waals surface area (Å²) >= 11 is 0. The third kappa shape index (κ3) is 3.07. The monoisotopic (exact) mass is 458 g/mol. The lowest BCUT2D eigenvalue weighted by atomic mass is 9.35. The van der Waals surface area contributed by atoms with Crippen LogP contribution in [0.2, 0.25) is 0 Å². The molecule has 0 bridgehead atoms. The average molecular weight is 459 g/mol. The van der Waals surface area contributed by atoms with Gasteiger partial charge in [0.25, 0.3) is 0 Å². The van der Waals surface area contributed by atoms with Crippen molar-refractivity contribution in [1.82, 2.24) is 0 Å².